The number of hydrogen-bond donors (Lipinski definition) is 2. The number of fused-ring (bicyclic) bond motifs is 1. The number of imidazole rings is 1. The number of nitrogens with one attached hydrogen (secondary N) is 2. The lowest BCUT2D eigenvalue weighted by Crippen LogP contribution is -2.46. The van der Waals surface area contributed by atoms with Crippen molar-refractivity contribution in [3.05, 3.63) is 52.8 Å². The molecule has 34 heavy (non-hydrogen) atoms. The van der Waals surface area contributed by atoms with Crippen LogP contribution in [0.15, 0.2) is 30.3 Å². The molecule has 1 heterocycles. The van der Waals surface area contributed by atoms with E-state index in [2.05, 4.69) is 47.2 Å². The van der Waals surface area contributed by atoms with E-state index in [4.69, 9.17) is 26.7 Å². The minimum Gasteiger partial charge on any atom is -0.493 e. The van der Waals surface area contributed by atoms with E-state index in [1.807, 2.05) is 12.1 Å². The van der Waals surface area contributed by atoms with Gasteiger partial charge in [-0.1, -0.05) is 18.9 Å². The Labute approximate surface area is 208 Å². The van der Waals surface area contributed by atoms with Gasteiger partial charge in [-0.25, -0.2) is 4.98 Å². The molecular formula is C27H36N4O2S. The Balaban J connectivity index is 1.37. The molecule has 6 nitrogen and oxygen atoms in total. The first-order chi connectivity index (χ1) is 16.5. The molecule has 4 rings (SSSR count). The van der Waals surface area contributed by atoms with Gasteiger partial charge in [0, 0.05) is 25.6 Å². The van der Waals surface area contributed by atoms with Gasteiger partial charge in [0.25, 0.3) is 0 Å². The number of aromatic nitrogens is 2. The minimum atomic E-state index is 0.509. The summed E-state index contributed by atoms with van der Waals surface area (Å²) in [6, 6.07) is 10.9. The second-order valence-corrected chi connectivity index (χ2v) is 9.58. The molecule has 2 aromatic carbocycles. The molecule has 1 aliphatic carbocycles. The lowest BCUT2D eigenvalue weighted by molar-refractivity contribution is 0.312. The lowest BCUT2D eigenvalue weighted by Gasteiger charge is -2.31. The van der Waals surface area contributed by atoms with Crippen molar-refractivity contribution >= 4 is 28.4 Å². The summed E-state index contributed by atoms with van der Waals surface area (Å²) in [5, 5.41) is 4.35. The highest BCUT2D eigenvalue weighted by atomic mass is 32.1. The van der Waals surface area contributed by atoms with Crippen LogP contribution in [0.2, 0.25) is 0 Å². The number of benzene rings is 2. The molecule has 0 aliphatic heterocycles. The Hall–Kier alpha value is -2.80. The molecule has 2 N–H and O–H groups in total. The molecular weight excluding hydrogens is 444 g/mol. The number of aryl methyl sites for hydroxylation is 2. The summed E-state index contributed by atoms with van der Waals surface area (Å²) >= 11 is 5.87. The van der Waals surface area contributed by atoms with Crippen molar-refractivity contribution in [1.29, 1.82) is 0 Å². The average Bonchev–Trinajstić information content (AvgIpc) is 3.49. The fourth-order valence-electron chi connectivity index (χ4n) is 4.78. The van der Waals surface area contributed by atoms with Crippen LogP contribution in [0.25, 0.3) is 11.0 Å². The number of H-pyrrole nitrogens is 1. The maximum Gasteiger partial charge on any atom is 0.169 e. The molecule has 1 fully saturated rings. The second-order valence-electron chi connectivity index (χ2n) is 9.19. The van der Waals surface area contributed by atoms with Crippen molar-refractivity contribution in [1.82, 2.24) is 20.2 Å². The Morgan fingerprint density at radius 3 is 2.53 bits per heavy atom. The third-order valence-corrected chi connectivity index (χ3v) is 7.28. The number of ether oxygens (including phenoxy) is 2. The molecule has 7 heteroatoms. The first-order valence-corrected chi connectivity index (χ1v) is 12.6. The summed E-state index contributed by atoms with van der Waals surface area (Å²) in [6.07, 6.45) is 6.67. The van der Waals surface area contributed by atoms with Crippen molar-refractivity contribution in [3.63, 3.8) is 0 Å². The summed E-state index contributed by atoms with van der Waals surface area (Å²) in [7, 11) is 3.32. The van der Waals surface area contributed by atoms with E-state index in [0.717, 1.165) is 59.4 Å². The molecule has 182 valence electrons. The molecule has 0 saturated heterocycles. The average molecular weight is 481 g/mol. The summed E-state index contributed by atoms with van der Waals surface area (Å²) in [5.41, 5.74) is 5.91. The Kier molecular flexibility index (Phi) is 7.93. The van der Waals surface area contributed by atoms with Gasteiger partial charge in [0.1, 0.15) is 5.82 Å². The summed E-state index contributed by atoms with van der Waals surface area (Å²) in [5.74, 6) is 2.53. The first-order valence-electron chi connectivity index (χ1n) is 12.2. The molecule has 0 amide bonds. The van der Waals surface area contributed by atoms with Crippen molar-refractivity contribution < 1.29 is 9.47 Å². The van der Waals surface area contributed by atoms with Crippen LogP contribution >= 0.6 is 12.2 Å². The van der Waals surface area contributed by atoms with Crippen LogP contribution in [0.1, 0.15) is 48.2 Å². The number of nitrogens with zero attached hydrogens (tertiary/aromatic N) is 2. The topological polar surface area (TPSA) is 62.4 Å². The van der Waals surface area contributed by atoms with E-state index in [9.17, 15) is 0 Å². The van der Waals surface area contributed by atoms with Gasteiger partial charge in [0.2, 0.25) is 0 Å². The van der Waals surface area contributed by atoms with Crippen LogP contribution in [0.4, 0.5) is 0 Å². The third-order valence-electron chi connectivity index (χ3n) is 6.90. The Morgan fingerprint density at radius 1 is 1.06 bits per heavy atom. The molecule has 0 spiro atoms. The number of rotatable bonds is 9. The predicted octanol–water partition coefficient (Wildman–Crippen LogP) is 5.10. The Bertz CT molecular complexity index is 1100. The van der Waals surface area contributed by atoms with E-state index in [1.165, 1.54) is 42.4 Å². The smallest absolute Gasteiger partial charge is 0.169 e. The van der Waals surface area contributed by atoms with E-state index in [1.54, 1.807) is 14.2 Å². The molecule has 1 saturated carbocycles. The van der Waals surface area contributed by atoms with Crippen LogP contribution in [0.5, 0.6) is 11.5 Å². The predicted molar refractivity (Wildman–Crippen MR) is 142 cm³/mol. The molecule has 1 aromatic heterocycles. The number of aromatic amines is 1. The van der Waals surface area contributed by atoms with Crippen LogP contribution in [-0.2, 0) is 12.8 Å². The van der Waals surface area contributed by atoms with Crippen LogP contribution in [0.3, 0.4) is 0 Å². The van der Waals surface area contributed by atoms with Crippen molar-refractivity contribution in [2.24, 2.45) is 0 Å². The van der Waals surface area contributed by atoms with Gasteiger partial charge in [-0.2, -0.15) is 0 Å². The maximum atomic E-state index is 5.87. The minimum absolute atomic E-state index is 0.509. The fourth-order valence-corrected chi connectivity index (χ4v) is 5.13. The first kappa shape index (κ1) is 24.3. The largest absolute Gasteiger partial charge is 0.493 e. The highest BCUT2D eigenvalue weighted by molar-refractivity contribution is 7.80. The van der Waals surface area contributed by atoms with Gasteiger partial charge < -0.3 is 24.7 Å². The van der Waals surface area contributed by atoms with E-state index < -0.39 is 0 Å². The molecule has 1 aliphatic rings. The molecule has 0 atom stereocenters. The van der Waals surface area contributed by atoms with Gasteiger partial charge in [0.15, 0.2) is 16.6 Å². The van der Waals surface area contributed by atoms with Gasteiger partial charge in [0.05, 0.1) is 25.3 Å². The molecule has 3 aromatic rings. The monoisotopic (exact) mass is 480 g/mol. The number of thiocarbonyl (C=S) groups is 1. The van der Waals surface area contributed by atoms with Gasteiger partial charge >= 0.3 is 0 Å². The van der Waals surface area contributed by atoms with E-state index >= 15 is 0 Å². The van der Waals surface area contributed by atoms with Gasteiger partial charge in [-0.3, -0.25) is 0 Å². The van der Waals surface area contributed by atoms with E-state index in [0.29, 0.717) is 6.04 Å². The van der Waals surface area contributed by atoms with Crippen molar-refractivity contribution in [2.75, 3.05) is 27.3 Å². The number of hydrogen-bond acceptors (Lipinski definition) is 4. The lowest BCUT2D eigenvalue weighted by atomic mass is 10.1. The molecule has 0 bridgehead atoms. The standard InChI is InChI=1S/C27H36N4O2S/c1-18-15-22-23(16-19(18)2)30-26(29-22)12-14-31(21-7-5-6-8-21)27(34)28-13-11-20-9-10-24(32-3)25(17-20)33-4/h9-10,15-17,21H,5-8,11-14H2,1-4H3,(H,28,34)(H,29,30). The molecule has 0 radical (unpaired) electrons. The molecule has 0 unspecified atom stereocenters. The van der Waals surface area contributed by atoms with Crippen LogP contribution < -0.4 is 14.8 Å². The maximum absolute atomic E-state index is 5.87. The third kappa shape index (κ3) is 5.63. The fraction of sp³-hybridized carbons (Fsp3) is 0.481. The summed E-state index contributed by atoms with van der Waals surface area (Å²) in [6.45, 7) is 5.92. The van der Waals surface area contributed by atoms with Crippen molar-refractivity contribution in [3.8, 4) is 11.5 Å². The summed E-state index contributed by atoms with van der Waals surface area (Å²) < 4.78 is 10.8. The second kappa shape index (κ2) is 11.1. The highest BCUT2D eigenvalue weighted by Gasteiger charge is 2.24. The quantitative estimate of drug-likeness (QED) is 0.416. The number of methoxy groups -OCH3 is 2. The SMILES string of the molecule is COc1ccc(CCNC(=S)N(CCc2nc3cc(C)c(C)cc3[nH]2)C2CCCC2)cc1OC. The van der Waals surface area contributed by atoms with E-state index in [-0.39, 0.29) is 0 Å². The van der Waals surface area contributed by atoms with Gasteiger partial charge in [-0.05, 0) is 86.3 Å². The summed E-state index contributed by atoms with van der Waals surface area (Å²) in [4.78, 5) is 10.7. The highest BCUT2D eigenvalue weighted by Crippen LogP contribution is 2.28. The van der Waals surface area contributed by atoms with Crippen molar-refractivity contribution in [2.45, 2.75) is 58.4 Å². The van der Waals surface area contributed by atoms with Crippen LogP contribution in [-0.4, -0.2) is 53.3 Å². The normalized spacial score (nSPS) is 13.9. The van der Waals surface area contributed by atoms with Crippen LogP contribution in [0, 0.1) is 13.8 Å². The van der Waals surface area contributed by atoms with Gasteiger partial charge in [-0.15, -0.1) is 0 Å². The zero-order valence-electron chi connectivity index (χ0n) is 20.7. The Morgan fingerprint density at radius 2 is 1.79 bits per heavy atom. The zero-order valence-corrected chi connectivity index (χ0v) is 21.6. The zero-order chi connectivity index (χ0) is 24.1.